The molecule has 9 heteroatoms. The molecule has 2 aromatic heterocycles. The number of nitrogens with zero attached hydrogens (tertiary/aromatic N) is 2. The van der Waals surface area contributed by atoms with Gasteiger partial charge in [0, 0.05) is 18.3 Å². The molecule has 0 spiro atoms. The molecule has 3 aromatic rings. The number of carbonyl (C=O) groups excluding carboxylic acids is 3. The van der Waals surface area contributed by atoms with Crippen molar-refractivity contribution in [2.45, 2.75) is 26.7 Å². The van der Waals surface area contributed by atoms with Crippen LogP contribution in [0.4, 0.5) is 4.39 Å². The van der Waals surface area contributed by atoms with Gasteiger partial charge in [-0.2, -0.15) is 0 Å². The minimum absolute atomic E-state index is 0.0780. The molecule has 0 aliphatic heterocycles. The van der Waals surface area contributed by atoms with Crippen molar-refractivity contribution < 1.29 is 28.7 Å². The van der Waals surface area contributed by atoms with Crippen LogP contribution in [0.3, 0.4) is 0 Å². The number of benzene rings is 1. The van der Waals surface area contributed by atoms with Gasteiger partial charge in [0.15, 0.2) is 0 Å². The van der Waals surface area contributed by atoms with E-state index in [0.29, 0.717) is 28.9 Å². The van der Waals surface area contributed by atoms with E-state index in [1.165, 1.54) is 16.5 Å². The van der Waals surface area contributed by atoms with Crippen LogP contribution in [0.15, 0.2) is 30.5 Å². The van der Waals surface area contributed by atoms with Crippen molar-refractivity contribution in [1.82, 2.24) is 9.38 Å². The maximum atomic E-state index is 13.3. The number of primary amides is 1. The topological polar surface area (TPSA) is 132 Å². The van der Waals surface area contributed by atoms with E-state index in [9.17, 15) is 28.7 Å². The summed E-state index contributed by atoms with van der Waals surface area (Å²) >= 11 is 0. The summed E-state index contributed by atoms with van der Waals surface area (Å²) in [6.45, 7) is 3.32. The number of aromatic nitrogens is 2. The molecule has 3 rings (SSSR count). The van der Waals surface area contributed by atoms with Crippen molar-refractivity contribution >= 4 is 29.0 Å². The minimum Gasteiger partial charge on any atom is -0.475 e. The number of nitrogens with two attached hydrogens (primary N) is 1. The molecule has 0 bridgehead atoms. The lowest BCUT2D eigenvalue weighted by atomic mass is 9.98. The van der Waals surface area contributed by atoms with Gasteiger partial charge in [0.1, 0.15) is 11.5 Å². The quantitative estimate of drug-likeness (QED) is 0.451. The number of ketones is 2. The predicted octanol–water partition coefficient (Wildman–Crippen LogP) is 1.87. The first-order valence-corrected chi connectivity index (χ1v) is 9.05. The average molecular weight is 411 g/mol. The summed E-state index contributed by atoms with van der Waals surface area (Å²) in [6.07, 6.45) is 2.08. The van der Waals surface area contributed by atoms with Gasteiger partial charge in [-0.15, -0.1) is 0 Å². The average Bonchev–Trinajstić information content (AvgIpc) is 3.00. The molecule has 0 aliphatic rings. The number of hydrogen-bond acceptors (Lipinski definition) is 5. The normalized spacial score (nSPS) is 10.9. The molecular weight excluding hydrogens is 393 g/mol. The van der Waals surface area contributed by atoms with E-state index in [2.05, 4.69) is 4.98 Å². The van der Waals surface area contributed by atoms with Gasteiger partial charge in [0.2, 0.25) is 0 Å². The number of carboxylic acid groups (broad SMARTS) is 1. The second-order valence-corrected chi connectivity index (χ2v) is 6.73. The van der Waals surface area contributed by atoms with E-state index >= 15 is 0 Å². The highest BCUT2D eigenvalue weighted by molar-refractivity contribution is 6.46. The van der Waals surface area contributed by atoms with Crippen molar-refractivity contribution in [2.75, 3.05) is 0 Å². The van der Waals surface area contributed by atoms with Crippen LogP contribution in [0.1, 0.15) is 50.3 Å². The van der Waals surface area contributed by atoms with E-state index in [1.807, 2.05) is 0 Å². The Labute approximate surface area is 170 Å². The molecule has 0 saturated heterocycles. The Morgan fingerprint density at radius 3 is 2.30 bits per heavy atom. The van der Waals surface area contributed by atoms with Crippen LogP contribution in [0.2, 0.25) is 0 Å². The molecular formula is C21H18FN3O5. The molecule has 0 saturated carbocycles. The fourth-order valence-electron chi connectivity index (χ4n) is 3.50. The smallest absolute Gasteiger partial charge is 0.379 e. The summed E-state index contributed by atoms with van der Waals surface area (Å²) in [4.78, 5) is 52.0. The maximum Gasteiger partial charge on any atom is 0.379 e. The van der Waals surface area contributed by atoms with Crippen molar-refractivity contribution in [3.8, 4) is 0 Å². The zero-order valence-corrected chi connectivity index (χ0v) is 16.2. The lowest BCUT2D eigenvalue weighted by Crippen LogP contribution is -2.25. The second kappa shape index (κ2) is 7.86. The van der Waals surface area contributed by atoms with Crippen LogP contribution >= 0.6 is 0 Å². The number of fused-ring (bicyclic) bond motifs is 1. The first-order valence-electron chi connectivity index (χ1n) is 9.05. The Morgan fingerprint density at radius 2 is 1.77 bits per heavy atom. The van der Waals surface area contributed by atoms with Gasteiger partial charge in [-0.05, 0) is 36.6 Å². The molecule has 0 aliphatic carbocycles. The van der Waals surface area contributed by atoms with Crippen LogP contribution in [0, 0.1) is 12.7 Å². The third-order valence-electron chi connectivity index (χ3n) is 4.75. The van der Waals surface area contributed by atoms with E-state index < -0.39 is 35.0 Å². The summed E-state index contributed by atoms with van der Waals surface area (Å²) in [5.74, 6) is -5.74. The standard InChI is InChI=1S/C21H18FN3O5/c1-3-13-14(8-11-4-6-12(22)7-5-11)25-9-10(2)24-16(19(27)21(29)30)17(25)15(13)18(26)20(23)28/h4-7,9H,3,8H2,1-2H3,(H2,23,28)(H,29,30). The van der Waals surface area contributed by atoms with Crippen LogP contribution in [-0.4, -0.2) is 37.9 Å². The number of amides is 1. The fraction of sp³-hybridized carbons (Fsp3) is 0.190. The number of carbonyl (C=O) groups is 4. The molecule has 0 radical (unpaired) electrons. The van der Waals surface area contributed by atoms with Crippen molar-refractivity contribution in [2.24, 2.45) is 5.73 Å². The Hall–Kier alpha value is -3.88. The van der Waals surface area contributed by atoms with Crippen LogP contribution in [-0.2, 0) is 22.4 Å². The van der Waals surface area contributed by atoms with Crippen molar-refractivity contribution in [1.29, 1.82) is 0 Å². The molecule has 154 valence electrons. The Morgan fingerprint density at radius 1 is 1.13 bits per heavy atom. The summed E-state index contributed by atoms with van der Waals surface area (Å²) in [5, 5.41) is 9.21. The van der Waals surface area contributed by atoms with E-state index in [1.54, 1.807) is 32.2 Å². The third kappa shape index (κ3) is 3.57. The van der Waals surface area contributed by atoms with E-state index in [4.69, 9.17) is 5.73 Å². The second-order valence-electron chi connectivity index (χ2n) is 6.73. The van der Waals surface area contributed by atoms with Gasteiger partial charge >= 0.3 is 5.97 Å². The highest BCUT2D eigenvalue weighted by Crippen LogP contribution is 2.30. The number of aliphatic carboxylic acids is 1. The van der Waals surface area contributed by atoms with Crippen LogP contribution in [0.5, 0.6) is 0 Å². The number of rotatable bonds is 7. The maximum absolute atomic E-state index is 13.3. The Balaban J connectivity index is 2.42. The SMILES string of the molecule is CCc1c(C(=O)C(N)=O)c2c(C(=O)C(=O)O)nc(C)cn2c1Cc1ccc(F)cc1. The lowest BCUT2D eigenvalue weighted by molar-refractivity contribution is -0.131. The molecule has 8 nitrogen and oxygen atoms in total. The molecule has 3 N–H and O–H groups in total. The highest BCUT2D eigenvalue weighted by Gasteiger charge is 2.31. The molecule has 1 amide bonds. The van der Waals surface area contributed by atoms with E-state index in [-0.39, 0.29) is 17.5 Å². The summed E-state index contributed by atoms with van der Waals surface area (Å²) in [6, 6.07) is 5.72. The number of hydrogen-bond donors (Lipinski definition) is 2. The van der Waals surface area contributed by atoms with Crippen LogP contribution < -0.4 is 5.73 Å². The molecule has 0 fully saturated rings. The number of halogens is 1. The molecule has 0 unspecified atom stereocenters. The highest BCUT2D eigenvalue weighted by atomic mass is 19.1. The van der Waals surface area contributed by atoms with Gasteiger partial charge in [-0.3, -0.25) is 14.4 Å². The van der Waals surface area contributed by atoms with E-state index in [0.717, 1.165) is 0 Å². The van der Waals surface area contributed by atoms with Crippen molar-refractivity contribution in [3.05, 3.63) is 70.1 Å². The van der Waals surface area contributed by atoms with Gasteiger partial charge in [0.05, 0.1) is 16.8 Å². The zero-order chi connectivity index (χ0) is 22.2. The number of carboxylic acids is 1. The molecule has 0 atom stereocenters. The number of Topliss-reactive ketones (excluding diaryl/α,β-unsaturated/α-hetero) is 2. The largest absolute Gasteiger partial charge is 0.475 e. The lowest BCUT2D eigenvalue weighted by Gasteiger charge is -2.08. The third-order valence-corrected chi connectivity index (χ3v) is 4.75. The minimum atomic E-state index is -1.74. The first-order chi connectivity index (χ1) is 14.1. The Bertz CT molecular complexity index is 1210. The summed E-state index contributed by atoms with van der Waals surface area (Å²) in [5.41, 5.74) is 6.58. The summed E-state index contributed by atoms with van der Waals surface area (Å²) < 4.78 is 14.8. The molecule has 30 heavy (non-hydrogen) atoms. The zero-order valence-electron chi connectivity index (χ0n) is 16.2. The Kier molecular flexibility index (Phi) is 5.46. The molecule has 1 aromatic carbocycles. The monoisotopic (exact) mass is 411 g/mol. The first kappa shape index (κ1) is 20.8. The van der Waals surface area contributed by atoms with Crippen LogP contribution in [0.25, 0.3) is 5.52 Å². The van der Waals surface area contributed by atoms with Gasteiger partial charge in [-0.25, -0.2) is 14.2 Å². The number of aryl methyl sites for hydroxylation is 1. The fourth-order valence-corrected chi connectivity index (χ4v) is 3.50. The van der Waals surface area contributed by atoms with Gasteiger partial charge < -0.3 is 15.2 Å². The molecule has 2 heterocycles. The van der Waals surface area contributed by atoms with Crippen molar-refractivity contribution in [3.63, 3.8) is 0 Å². The predicted molar refractivity (Wildman–Crippen MR) is 104 cm³/mol. The summed E-state index contributed by atoms with van der Waals surface area (Å²) in [7, 11) is 0. The van der Waals surface area contributed by atoms with Gasteiger partial charge in [-0.1, -0.05) is 19.1 Å². The van der Waals surface area contributed by atoms with Gasteiger partial charge in [0.25, 0.3) is 17.5 Å².